The van der Waals surface area contributed by atoms with Gasteiger partial charge in [0.25, 0.3) is 0 Å². The molecule has 2 unspecified atom stereocenters. The van der Waals surface area contributed by atoms with Crippen LogP contribution in [0, 0.1) is 0 Å². The molecule has 0 spiro atoms. The van der Waals surface area contributed by atoms with Crippen LogP contribution in [0.15, 0.2) is 67.0 Å². The minimum absolute atomic E-state index is 0.0966. The first-order valence-corrected chi connectivity index (χ1v) is 9.45. The molecule has 7 heteroatoms. The molecular weight excluding hydrogens is 368 g/mol. The minimum Gasteiger partial charge on any atom is -0.489 e. The van der Waals surface area contributed by atoms with Crippen molar-refractivity contribution in [3.8, 4) is 5.75 Å². The van der Waals surface area contributed by atoms with Crippen molar-refractivity contribution in [3.63, 3.8) is 0 Å². The van der Waals surface area contributed by atoms with Gasteiger partial charge in [-0.05, 0) is 30.3 Å². The van der Waals surface area contributed by atoms with Gasteiger partial charge in [0, 0.05) is 25.4 Å². The van der Waals surface area contributed by atoms with E-state index in [0.717, 1.165) is 11.1 Å². The quantitative estimate of drug-likeness (QED) is 0.517. The van der Waals surface area contributed by atoms with Crippen molar-refractivity contribution in [3.05, 3.63) is 83.7 Å². The number of hydrogen-bond acceptors (Lipinski definition) is 5. The molecule has 3 aromatic rings. The van der Waals surface area contributed by atoms with Crippen molar-refractivity contribution in [2.24, 2.45) is 7.05 Å². The van der Waals surface area contributed by atoms with E-state index in [9.17, 15) is 9.90 Å². The van der Waals surface area contributed by atoms with Gasteiger partial charge in [0.15, 0.2) is 0 Å². The van der Waals surface area contributed by atoms with Crippen molar-refractivity contribution < 1.29 is 14.6 Å². The number of nitrogens with one attached hydrogen (secondary N) is 2. The average Bonchev–Trinajstić information content (AvgIpc) is 3.17. The summed E-state index contributed by atoms with van der Waals surface area (Å²) >= 11 is 0. The van der Waals surface area contributed by atoms with Gasteiger partial charge in [-0.15, -0.1) is 0 Å². The molecule has 0 aliphatic heterocycles. The summed E-state index contributed by atoms with van der Waals surface area (Å²) in [6.07, 6.45) is 2.58. The van der Waals surface area contributed by atoms with E-state index < -0.39 is 12.1 Å². The number of aromatic nitrogens is 2. The van der Waals surface area contributed by atoms with E-state index in [2.05, 4.69) is 15.7 Å². The molecule has 2 atom stereocenters. The van der Waals surface area contributed by atoms with Gasteiger partial charge >= 0.3 is 0 Å². The van der Waals surface area contributed by atoms with Crippen LogP contribution in [0.5, 0.6) is 5.75 Å². The molecule has 1 aromatic heterocycles. The summed E-state index contributed by atoms with van der Waals surface area (Å²) in [6.45, 7) is 0.547. The Morgan fingerprint density at radius 2 is 1.97 bits per heavy atom. The molecule has 7 nitrogen and oxygen atoms in total. The van der Waals surface area contributed by atoms with Crippen LogP contribution < -0.4 is 15.4 Å². The molecule has 0 aliphatic rings. The van der Waals surface area contributed by atoms with Gasteiger partial charge in [0.05, 0.1) is 12.3 Å². The fraction of sp³-hybridized carbons (Fsp3) is 0.273. The molecule has 0 saturated carbocycles. The van der Waals surface area contributed by atoms with Crippen LogP contribution >= 0.6 is 0 Å². The lowest BCUT2D eigenvalue weighted by atomic mass is 10.1. The van der Waals surface area contributed by atoms with Gasteiger partial charge in [-0.1, -0.05) is 42.5 Å². The highest BCUT2D eigenvalue weighted by Crippen LogP contribution is 2.20. The Balaban J connectivity index is 1.56. The Morgan fingerprint density at radius 1 is 1.17 bits per heavy atom. The Bertz CT molecular complexity index is 927. The summed E-state index contributed by atoms with van der Waals surface area (Å²) in [6, 6.07) is 16.6. The second-order valence-corrected chi connectivity index (χ2v) is 6.78. The predicted octanol–water partition coefficient (Wildman–Crippen LogP) is 2.11. The number of ether oxygens (including phenoxy) is 1. The van der Waals surface area contributed by atoms with E-state index in [-0.39, 0.29) is 12.5 Å². The third-order valence-corrected chi connectivity index (χ3v) is 4.57. The number of carbonyl (C=O) groups excluding carboxylic acids is 1. The van der Waals surface area contributed by atoms with Crippen LogP contribution in [0.1, 0.15) is 28.8 Å². The van der Waals surface area contributed by atoms with E-state index in [4.69, 9.17) is 4.74 Å². The third-order valence-electron chi connectivity index (χ3n) is 4.57. The smallest absolute Gasteiger partial charge is 0.241 e. The molecule has 1 amide bonds. The van der Waals surface area contributed by atoms with Crippen LogP contribution in [0.3, 0.4) is 0 Å². The Morgan fingerprint density at radius 3 is 2.66 bits per heavy atom. The highest BCUT2D eigenvalue weighted by atomic mass is 16.5. The Hall–Kier alpha value is -3.16. The lowest BCUT2D eigenvalue weighted by Gasteiger charge is -2.17. The minimum atomic E-state index is -0.842. The number of amides is 1. The first-order chi connectivity index (χ1) is 14.1. The van der Waals surface area contributed by atoms with Crippen LogP contribution in [-0.4, -0.2) is 34.4 Å². The van der Waals surface area contributed by atoms with Crippen molar-refractivity contribution in [2.45, 2.75) is 18.8 Å². The van der Waals surface area contributed by atoms with E-state index in [0.29, 0.717) is 17.9 Å². The number of likely N-dealkylation sites (N-methyl/N-ethyl adjacent to an activating group) is 1. The number of aliphatic hydroxyl groups is 1. The molecule has 3 rings (SSSR count). The summed E-state index contributed by atoms with van der Waals surface area (Å²) < 4.78 is 7.45. The standard InChI is InChI=1S/C22H26N4O3/c1-23-21(18-12-25-26(2)14-18)22(28)24-13-20(27)17-9-6-10-19(11-17)29-15-16-7-4-3-5-8-16/h3-12,14,20-21,23,27H,13,15H2,1-2H3,(H,24,28). The zero-order valence-corrected chi connectivity index (χ0v) is 16.6. The molecule has 0 aliphatic carbocycles. The SMILES string of the molecule is CNC(C(=O)NCC(O)c1cccc(OCc2ccccc2)c1)c1cnn(C)c1. The fourth-order valence-electron chi connectivity index (χ4n) is 3.01. The maximum Gasteiger partial charge on any atom is 0.241 e. The monoisotopic (exact) mass is 394 g/mol. The van der Waals surface area contributed by atoms with Gasteiger partial charge in [0.2, 0.25) is 5.91 Å². The number of nitrogens with zero attached hydrogens (tertiary/aromatic N) is 2. The number of hydrogen-bond donors (Lipinski definition) is 3. The molecule has 152 valence electrons. The summed E-state index contributed by atoms with van der Waals surface area (Å²) in [4.78, 5) is 12.5. The number of aryl methyl sites for hydroxylation is 1. The maximum absolute atomic E-state index is 12.5. The molecule has 2 aromatic carbocycles. The predicted molar refractivity (Wildman–Crippen MR) is 110 cm³/mol. The van der Waals surface area contributed by atoms with Crippen molar-refractivity contribution >= 4 is 5.91 Å². The molecule has 0 saturated heterocycles. The zero-order chi connectivity index (χ0) is 20.6. The van der Waals surface area contributed by atoms with Gasteiger partial charge in [-0.2, -0.15) is 5.10 Å². The number of benzene rings is 2. The number of rotatable bonds is 9. The summed E-state index contributed by atoms with van der Waals surface area (Å²) in [5, 5.41) is 20.4. The summed E-state index contributed by atoms with van der Waals surface area (Å²) in [5.74, 6) is 0.441. The largest absolute Gasteiger partial charge is 0.489 e. The molecular formula is C22H26N4O3. The van der Waals surface area contributed by atoms with E-state index in [1.54, 1.807) is 37.2 Å². The van der Waals surface area contributed by atoms with Crippen LogP contribution in [-0.2, 0) is 18.4 Å². The normalized spacial score (nSPS) is 12.9. The lowest BCUT2D eigenvalue weighted by Crippen LogP contribution is -2.37. The number of carbonyl (C=O) groups is 1. The molecule has 1 heterocycles. The van der Waals surface area contributed by atoms with Crippen LogP contribution in [0.25, 0.3) is 0 Å². The Labute approximate surface area is 170 Å². The molecule has 3 N–H and O–H groups in total. The summed E-state index contributed by atoms with van der Waals surface area (Å²) in [5.41, 5.74) is 2.51. The van der Waals surface area contributed by atoms with Crippen molar-refractivity contribution in [1.29, 1.82) is 0 Å². The van der Waals surface area contributed by atoms with Gasteiger partial charge in [0.1, 0.15) is 18.4 Å². The maximum atomic E-state index is 12.5. The van der Waals surface area contributed by atoms with E-state index in [1.807, 2.05) is 48.5 Å². The zero-order valence-electron chi connectivity index (χ0n) is 16.6. The van der Waals surface area contributed by atoms with Crippen LogP contribution in [0.2, 0.25) is 0 Å². The van der Waals surface area contributed by atoms with Gasteiger partial charge < -0.3 is 20.5 Å². The molecule has 29 heavy (non-hydrogen) atoms. The van der Waals surface area contributed by atoms with Gasteiger partial charge in [-0.3, -0.25) is 9.48 Å². The van der Waals surface area contributed by atoms with Crippen LogP contribution in [0.4, 0.5) is 0 Å². The van der Waals surface area contributed by atoms with E-state index in [1.165, 1.54) is 0 Å². The molecule has 0 fully saturated rings. The second-order valence-electron chi connectivity index (χ2n) is 6.78. The highest BCUT2D eigenvalue weighted by Gasteiger charge is 2.21. The highest BCUT2D eigenvalue weighted by molar-refractivity contribution is 5.83. The molecule has 0 radical (unpaired) electrons. The topological polar surface area (TPSA) is 88.4 Å². The Kier molecular flexibility index (Phi) is 6.99. The first-order valence-electron chi connectivity index (χ1n) is 9.45. The second kappa shape index (κ2) is 9.86. The first kappa shape index (κ1) is 20.6. The third kappa shape index (κ3) is 5.66. The number of aliphatic hydroxyl groups excluding tert-OH is 1. The van der Waals surface area contributed by atoms with Gasteiger partial charge in [-0.25, -0.2) is 0 Å². The van der Waals surface area contributed by atoms with Crippen molar-refractivity contribution in [2.75, 3.05) is 13.6 Å². The fourth-order valence-corrected chi connectivity index (χ4v) is 3.01. The summed E-state index contributed by atoms with van der Waals surface area (Å²) in [7, 11) is 3.51. The van der Waals surface area contributed by atoms with E-state index >= 15 is 0 Å². The average molecular weight is 394 g/mol. The molecule has 0 bridgehead atoms. The lowest BCUT2D eigenvalue weighted by molar-refractivity contribution is -0.123. The van der Waals surface area contributed by atoms with Crippen molar-refractivity contribution in [1.82, 2.24) is 20.4 Å².